The topological polar surface area (TPSA) is 48.9 Å². The third kappa shape index (κ3) is 5.31. The molecule has 3 atom stereocenters. The fourth-order valence-corrected chi connectivity index (χ4v) is 4.15. The highest BCUT2D eigenvalue weighted by molar-refractivity contribution is 14.0. The molecule has 0 radical (unpaired) electrons. The van der Waals surface area contributed by atoms with Gasteiger partial charge in [0.25, 0.3) is 0 Å². The molecule has 1 aromatic heterocycles. The molecule has 5 nitrogen and oxygen atoms in total. The van der Waals surface area contributed by atoms with Crippen molar-refractivity contribution in [2.75, 3.05) is 39.8 Å². The van der Waals surface area contributed by atoms with E-state index in [-0.39, 0.29) is 30.1 Å². The smallest absolute Gasteiger partial charge is 0.191 e. The maximum atomic E-state index is 5.99. The summed E-state index contributed by atoms with van der Waals surface area (Å²) in [7, 11) is 1.82. The Labute approximate surface area is 166 Å². The molecule has 1 aromatic rings. The number of thiophene rings is 1. The molecule has 2 N–H and O–H groups in total. The Morgan fingerprint density at radius 2 is 2.38 bits per heavy atom. The van der Waals surface area contributed by atoms with E-state index in [1.54, 1.807) is 11.3 Å². The summed E-state index contributed by atoms with van der Waals surface area (Å²) in [5, 5.41) is 11.2. The Morgan fingerprint density at radius 1 is 1.50 bits per heavy atom. The molecule has 2 saturated heterocycles. The summed E-state index contributed by atoms with van der Waals surface area (Å²) in [5.74, 6) is 1.34. The van der Waals surface area contributed by atoms with Crippen LogP contribution in [0.2, 0.25) is 0 Å². The van der Waals surface area contributed by atoms with Gasteiger partial charge in [0.1, 0.15) is 0 Å². The fourth-order valence-electron chi connectivity index (χ4n) is 3.36. The number of fused-ring (bicyclic) bond motifs is 1. The summed E-state index contributed by atoms with van der Waals surface area (Å²) < 4.78 is 5.99. The minimum absolute atomic E-state index is 0. The van der Waals surface area contributed by atoms with Crippen LogP contribution in [0.15, 0.2) is 21.8 Å². The van der Waals surface area contributed by atoms with Gasteiger partial charge in [-0.05, 0) is 47.7 Å². The van der Waals surface area contributed by atoms with Gasteiger partial charge in [-0.2, -0.15) is 11.3 Å². The van der Waals surface area contributed by atoms with Gasteiger partial charge in [0.15, 0.2) is 5.96 Å². The average molecular weight is 464 g/mol. The van der Waals surface area contributed by atoms with E-state index in [1.165, 1.54) is 24.9 Å². The zero-order valence-corrected chi connectivity index (χ0v) is 17.7. The second-order valence-electron chi connectivity index (χ2n) is 6.54. The average Bonchev–Trinajstić information content (AvgIpc) is 3.25. The number of rotatable bonds is 5. The van der Waals surface area contributed by atoms with E-state index < -0.39 is 0 Å². The summed E-state index contributed by atoms with van der Waals surface area (Å²) in [4.78, 5) is 6.89. The lowest BCUT2D eigenvalue weighted by atomic mass is 10.1. The van der Waals surface area contributed by atoms with Crippen LogP contribution in [0.25, 0.3) is 0 Å². The first-order chi connectivity index (χ1) is 11.3. The molecule has 136 valence electrons. The SMILES string of the molecule is CN=C(NCC1CN2CCCC2CO1)NCC(C)c1ccsc1.I. The molecule has 7 heteroatoms. The molecule has 2 aliphatic heterocycles. The van der Waals surface area contributed by atoms with Crippen LogP contribution in [-0.2, 0) is 4.74 Å². The number of aliphatic imine (C=N–C) groups is 1. The molecule has 0 aliphatic carbocycles. The predicted molar refractivity (Wildman–Crippen MR) is 112 cm³/mol. The highest BCUT2D eigenvalue weighted by Crippen LogP contribution is 2.22. The van der Waals surface area contributed by atoms with E-state index in [9.17, 15) is 0 Å². The number of morpholine rings is 1. The van der Waals surface area contributed by atoms with Gasteiger partial charge in [0, 0.05) is 32.7 Å². The van der Waals surface area contributed by atoms with Gasteiger partial charge in [-0.25, -0.2) is 0 Å². The van der Waals surface area contributed by atoms with Crippen molar-refractivity contribution in [1.82, 2.24) is 15.5 Å². The largest absolute Gasteiger partial charge is 0.373 e. The second-order valence-corrected chi connectivity index (χ2v) is 7.32. The van der Waals surface area contributed by atoms with E-state index in [2.05, 4.69) is 44.3 Å². The Morgan fingerprint density at radius 3 is 3.12 bits per heavy atom. The van der Waals surface area contributed by atoms with Gasteiger partial charge < -0.3 is 15.4 Å². The molecule has 0 spiro atoms. The number of ether oxygens (including phenoxy) is 1. The molecular formula is C17H29IN4OS. The Balaban J connectivity index is 0.00000208. The molecule has 0 bridgehead atoms. The number of halogens is 1. The third-order valence-electron chi connectivity index (χ3n) is 4.87. The highest BCUT2D eigenvalue weighted by atomic mass is 127. The molecule has 0 amide bonds. The van der Waals surface area contributed by atoms with E-state index in [4.69, 9.17) is 4.74 Å². The third-order valence-corrected chi connectivity index (χ3v) is 5.57. The van der Waals surface area contributed by atoms with Crippen molar-refractivity contribution in [1.29, 1.82) is 0 Å². The van der Waals surface area contributed by atoms with Crippen LogP contribution in [0.1, 0.15) is 31.2 Å². The monoisotopic (exact) mass is 464 g/mol. The van der Waals surface area contributed by atoms with Crippen LogP contribution in [-0.4, -0.2) is 62.8 Å². The minimum Gasteiger partial charge on any atom is -0.373 e. The summed E-state index contributed by atoms with van der Waals surface area (Å²) in [6.45, 7) is 7.09. The first-order valence-corrected chi connectivity index (χ1v) is 9.53. The maximum Gasteiger partial charge on any atom is 0.191 e. The van der Waals surface area contributed by atoms with Crippen molar-refractivity contribution in [3.8, 4) is 0 Å². The molecule has 3 heterocycles. The van der Waals surface area contributed by atoms with Crippen LogP contribution in [0.4, 0.5) is 0 Å². The molecule has 0 aromatic carbocycles. The molecule has 2 fully saturated rings. The lowest BCUT2D eigenvalue weighted by Crippen LogP contribution is -2.51. The summed E-state index contributed by atoms with van der Waals surface area (Å²) >= 11 is 1.75. The van der Waals surface area contributed by atoms with Crippen molar-refractivity contribution >= 4 is 41.3 Å². The van der Waals surface area contributed by atoms with Crippen LogP contribution in [0.5, 0.6) is 0 Å². The van der Waals surface area contributed by atoms with Crippen LogP contribution < -0.4 is 10.6 Å². The van der Waals surface area contributed by atoms with Crippen LogP contribution >= 0.6 is 35.3 Å². The van der Waals surface area contributed by atoms with Gasteiger partial charge in [0.2, 0.25) is 0 Å². The van der Waals surface area contributed by atoms with Crippen LogP contribution in [0.3, 0.4) is 0 Å². The highest BCUT2D eigenvalue weighted by Gasteiger charge is 2.32. The van der Waals surface area contributed by atoms with E-state index in [0.29, 0.717) is 12.0 Å². The molecule has 2 aliphatic rings. The standard InChI is InChI=1S/C17H28N4OS.HI/c1-13(14-5-7-23-12-14)8-19-17(18-2)20-9-16-10-21-6-3-4-15(21)11-22-16;/h5,7,12-13,15-16H,3-4,6,8-11H2,1-2H3,(H2,18,19,20);1H. The zero-order chi connectivity index (χ0) is 16.1. The van der Waals surface area contributed by atoms with Crippen molar-refractivity contribution in [3.05, 3.63) is 22.4 Å². The lowest BCUT2D eigenvalue weighted by molar-refractivity contribution is -0.0453. The Bertz CT molecular complexity index is 511. The van der Waals surface area contributed by atoms with E-state index in [0.717, 1.165) is 32.2 Å². The number of hydrogen-bond donors (Lipinski definition) is 2. The normalized spacial score (nSPS) is 25.7. The maximum absolute atomic E-state index is 5.99. The number of nitrogens with zero attached hydrogens (tertiary/aromatic N) is 2. The Hall–Kier alpha value is -0.380. The first kappa shape index (κ1) is 19.9. The van der Waals surface area contributed by atoms with Crippen molar-refractivity contribution in [2.24, 2.45) is 4.99 Å². The van der Waals surface area contributed by atoms with E-state index in [1.807, 2.05) is 7.05 Å². The fraction of sp³-hybridized carbons (Fsp3) is 0.706. The van der Waals surface area contributed by atoms with Gasteiger partial charge in [-0.1, -0.05) is 6.92 Å². The molecule has 0 saturated carbocycles. The molecule has 3 rings (SSSR count). The zero-order valence-electron chi connectivity index (χ0n) is 14.5. The van der Waals surface area contributed by atoms with Gasteiger partial charge in [-0.15, -0.1) is 24.0 Å². The minimum atomic E-state index is 0. The summed E-state index contributed by atoms with van der Waals surface area (Å²) in [6.07, 6.45) is 2.87. The first-order valence-electron chi connectivity index (χ1n) is 8.58. The molecule has 24 heavy (non-hydrogen) atoms. The van der Waals surface area contributed by atoms with Crippen molar-refractivity contribution in [2.45, 2.75) is 37.8 Å². The van der Waals surface area contributed by atoms with Gasteiger partial charge in [0.05, 0.1) is 12.7 Å². The van der Waals surface area contributed by atoms with Crippen molar-refractivity contribution < 1.29 is 4.74 Å². The number of hydrogen-bond acceptors (Lipinski definition) is 4. The quantitative estimate of drug-likeness (QED) is 0.400. The lowest BCUT2D eigenvalue weighted by Gasteiger charge is -2.35. The van der Waals surface area contributed by atoms with E-state index >= 15 is 0 Å². The number of nitrogens with one attached hydrogen (secondary N) is 2. The summed E-state index contributed by atoms with van der Waals surface area (Å²) in [5.41, 5.74) is 1.38. The molecule has 3 unspecified atom stereocenters. The summed E-state index contributed by atoms with van der Waals surface area (Å²) in [6, 6.07) is 2.85. The van der Waals surface area contributed by atoms with Crippen molar-refractivity contribution in [3.63, 3.8) is 0 Å². The molecular weight excluding hydrogens is 435 g/mol. The predicted octanol–water partition coefficient (Wildman–Crippen LogP) is 2.50. The second kappa shape index (κ2) is 9.94. The van der Waals surface area contributed by atoms with Gasteiger partial charge >= 0.3 is 0 Å². The van der Waals surface area contributed by atoms with Crippen LogP contribution in [0, 0.1) is 0 Å². The van der Waals surface area contributed by atoms with Gasteiger partial charge in [-0.3, -0.25) is 9.89 Å². The number of guanidine groups is 1. The Kier molecular flexibility index (Phi) is 8.25.